The van der Waals surface area contributed by atoms with Gasteiger partial charge in [0.25, 0.3) is 0 Å². The first-order valence-corrected chi connectivity index (χ1v) is 5.66. The largest absolute Gasteiger partial charge is 0.348 e. The highest BCUT2D eigenvalue weighted by molar-refractivity contribution is 6.35. The zero-order chi connectivity index (χ0) is 11.7. The van der Waals surface area contributed by atoms with E-state index in [0.717, 1.165) is 12.8 Å². The molecule has 0 bridgehead atoms. The van der Waals surface area contributed by atoms with Crippen LogP contribution in [0, 0.1) is 0 Å². The predicted octanol–water partition coefficient (Wildman–Crippen LogP) is 1.21. The molecule has 0 rings (SSSR count). The van der Waals surface area contributed by atoms with E-state index in [1.165, 1.54) is 12.8 Å². The van der Waals surface area contributed by atoms with Gasteiger partial charge in [-0.15, -0.1) is 0 Å². The standard InChI is InChI=1S/C11H22N2O2/c1-4-5-6-7-8-12-10(14)11(15)13-9(2)3/h9H,4-8H2,1-3H3,(H,12,14)(H,13,15). The van der Waals surface area contributed by atoms with Gasteiger partial charge in [0.15, 0.2) is 0 Å². The molecule has 4 nitrogen and oxygen atoms in total. The molecule has 0 aliphatic rings. The van der Waals surface area contributed by atoms with Crippen molar-refractivity contribution in [1.29, 1.82) is 0 Å². The van der Waals surface area contributed by atoms with E-state index in [1.54, 1.807) is 0 Å². The quantitative estimate of drug-likeness (QED) is 0.515. The third-order valence-corrected chi connectivity index (χ3v) is 1.94. The minimum Gasteiger partial charge on any atom is -0.348 e. The molecule has 2 N–H and O–H groups in total. The molecule has 0 radical (unpaired) electrons. The van der Waals surface area contributed by atoms with Gasteiger partial charge in [0.2, 0.25) is 0 Å². The SMILES string of the molecule is CCCCCCNC(=O)C(=O)NC(C)C. The average Bonchev–Trinajstić information content (AvgIpc) is 2.16. The van der Waals surface area contributed by atoms with E-state index < -0.39 is 11.8 Å². The number of carbonyl (C=O) groups is 2. The van der Waals surface area contributed by atoms with Crippen LogP contribution >= 0.6 is 0 Å². The third kappa shape index (κ3) is 7.97. The van der Waals surface area contributed by atoms with Gasteiger partial charge < -0.3 is 10.6 Å². The average molecular weight is 214 g/mol. The summed E-state index contributed by atoms with van der Waals surface area (Å²) in [5.41, 5.74) is 0. The molecule has 0 spiro atoms. The smallest absolute Gasteiger partial charge is 0.309 e. The molecule has 0 aliphatic carbocycles. The Balaban J connectivity index is 3.52. The van der Waals surface area contributed by atoms with Gasteiger partial charge in [0, 0.05) is 12.6 Å². The maximum atomic E-state index is 11.2. The van der Waals surface area contributed by atoms with E-state index in [9.17, 15) is 9.59 Å². The van der Waals surface area contributed by atoms with Crippen molar-refractivity contribution in [2.75, 3.05) is 6.54 Å². The lowest BCUT2D eigenvalue weighted by Crippen LogP contribution is -2.42. The lowest BCUT2D eigenvalue weighted by molar-refractivity contribution is -0.139. The Morgan fingerprint density at radius 2 is 1.73 bits per heavy atom. The monoisotopic (exact) mass is 214 g/mol. The zero-order valence-corrected chi connectivity index (χ0v) is 9.93. The van der Waals surface area contributed by atoms with Crippen LogP contribution in [0.25, 0.3) is 0 Å². The fraction of sp³-hybridized carbons (Fsp3) is 0.818. The van der Waals surface area contributed by atoms with Crippen LogP contribution in [0.3, 0.4) is 0 Å². The molecule has 0 saturated carbocycles. The molecule has 0 fully saturated rings. The van der Waals surface area contributed by atoms with Crippen LogP contribution in [-0.2, 0) is 9.59 Å². The Hall–Kier alpha value is -1.06. The second kappa shape index (κ2) is 8.26. The molecule has 88 valence electrons. The van der Waals surface area contributed by atoms with E-state index in [-0.39, 0.29) is 6.04 Å². The maximum Gasteiger partial charge on any atom is 0.309 e. The number of carbonyl (C=O) groups excluding carboxylic acids is 2. The molecule has 15 heavy (non-hydrogen) atoms. The van der Waals surface area contributed by atoms with Crippen LogP contribution in [0.2, 0.25) is 0 Å². The molecule has 0 aromatic heterocycles. The van der Waals surface area contributed by atoms with Gasteiger partial charge in [-0.25, -0.2) is 0 Å². The number of hydrogen-bond acceptors (Lipinski definition) is 2. The van der Waals surface area contributed by atoms with Gasteiger partial charge in [-0.2, -0.15) is 0 Å². The topological polar surface area (TPSA) is 58.2 Å². The normalized spacial score (nSPS) is 10.1. The molecule has 0 aromatic rings. The summed E-state index contributed by atoms with van der Waals surface area (Å²) in [6.45, 7) is 6.37. The molecule has 0 aliphatic heterocycles. The van der Waals surface area contributed by atoms with Crippen molar-refractivity contribution in [2.45, 2.75) is 52.5 Å². The van der Waals surface area contributed by atoms with Gasteiger partial charge >= 0.3 is 11.8 Å². The molecule has 2 amide bonds. The highest BCUT2D eigenvalue weighted by Gasteiger charge is 2.12. The van der Waals surface area contributed by atoms with Crippen molar-refractivity contribution in [3.63, 3.8) is 0 Å². The maximum absolute atomic E-state index is 11.2. The fourth-order valence-electron chi connectivity index (χ4n) is 1.16. The second-order valence-corrected chi connectivity index (χ2v) is 3.94. The summed E-state index contributed by atoms with van der Waals surface area (Å²) in [6.07, 6.45) is 4.38. The summed E-state index contributed by atoms with van der Waals surface area (Å²) in [5, 5.41) is 5.14. The molecule has 4 heteroatoms. The van der Waals surface area contributed by atoms with E-state index in [4.69, 9.17) is 0 Å². The Morgan fingerprint density at radius 1 is 1.07 bits per heavy atom. The molecule has 0 unspecified atom stereocenters. The molecular formula is C11H22N2O2. The van der Waals surface area contributed by atoms with Crippen LogP contribution in [0.5, 0.6) is 0 Å². The van der Waals surface area contributed by atoms with Crippen LogP contribution in [0.1, 0.15) is 46.5 Å². The summed E-state index contributed by atoms with van der Waals surface area (Å²) in [7, 11) is 0. The van der Waals surface area contributed by atoms with Crippen molar-refractivity contribution in [1.82, 2.24) is 10.6 Å². The van der Waals surface area contributed by atoms with Gasteiger partial charge in [-0.1, -0.05) is 26.2 Å². The van der Waals surface area contributed by atoms with Crippen molar-refractivity contribution in [3.05, 3.63) is 0 Å². The van der Waals surface area contributed by atoms with Crippen LogP contribution < -0.4 is 10.6 Å². The van der Waals surface area contributed by atoms with Crippen LogP contribution in [-0.4, -0.2) is 24.4 Å². The van der Waals surface area contributed by atoms with Crippen LogP contribution in [0.15, 0.2) is 0 Å². The highest BCUT2D eigenvalue weighted by Crippen LogP contribution is 1.96. The number of rotatable bonds is 6. The van der Waals surface area contributed by atoms with Crippen molar-refractivity contribution in [2.24, 2.45) is 0 Å². The fourth-order valence-corrected chi connectivity index (χ4v) is 1.16. The molecular weight excluding hydrogens is 192 g/mol. The Bertz CT molecular complexity index is 203. The van der Waals surface area contributed by atoms with E-state index in [2.05, 4.69) is 17.6 Å². The Labute approximate surface area is 91.8 Å². The lowest BCUT2D eigenvalue weighted by Gasteiger charge is -2.08. The second-order valence-electron chi connectivity index (χ2n) is 3.94. The summed E-state index contributed by atoms with van der Waals surface area (Å²) in [6, 6.07) is 0.00309. The predicted molar refractivity (Wildman–Crippen MR) is 60.4 cm³/mol. The summed E-state index contributed by atoms with van der Waals surface area (Å²) < 4.78 is 0. The Kier molecular flexibility index (Phi) is 7.68. The van der Waals surface area contributed by atoms with Gasteiger partial charge in [0.1, 0.15) is 0 Å². The Morgan fingerprint density at radius 3 is 2.27 bits per heavy atom. The van der Waals surface area contributed by atoms with Crippen LogP contribution in [0.4, 0.5) is 0 Å². The van der Waals surface area contributed by atoms with Gasteiger partial charge in [-0.05, 0) is 20.3 Å². The van der Waals surface area contributed by atoms with E-state index >= 15 is 0 Å². The van der Waals surface area contributed by atoms with Crippen molar-refractivity contribution >= 4 is 11.8 Å². The minimum absolute atomic E-state index is 0.00309. The first kappa shape index (κ1) is 13.9. The van der Waals surface area contributed by atoms with E-state index in [1.807, 2.05) is 13.8 Å². The lowest BCUT2D eigenvalue weighted by atomic mass is 10.2. The summed E-state index contributed by atoms with van der Waals surface area (Å²) >= 11 is 0. The zero-order valence-electron chi connectivity index (χ0n) is 9.93. The number of amides is 2. The van der Waals surface area contributed by atoms with E-state index in [0.29, 0.717) is 6.54 Å². The molecule has 0 saturated heterocycles. The summed E-state index contributed by atoms with van der Waals surface area (Å²) in [4.78, 5) is 22.3. The number of nitrogens with one attached hydrogen (secondary N) is 2. The number of hydrogen-bond donors (Lipinski definition) is 2. The molecule has 0 aromatic carbocycles. The summed E-state index contributed by atoms with van der Waals surface area (Å²) in [5.74, 6) is -1.07. The van der Waals surface area contributed by atoms with Gasteiger partial charge in [-0.3, -0.25) is 9.59 Å². The number of unbranched alkanes of at least 4 members (excludes halogenated alkanes) is 3. The highest BCUT2D eigenvalue weighted by atomic mass is 16.2. The third-order valence-electron chi connectivity index (χ3n) is 1.94. The van der Waals surface area contributed by atoms with Crippen molar-refractivity contribution < 1.29 is 9.59 Å². The molecule has 0 heterocycles. The minimum atomic E-state index is -0.541. The van der Waals surface area contributed by atoms with Gasteiger partial charge in [0.05, 0.1) is 0 Å². The first-order valence-electron chi connectivity index (χ1n) is 5.66. The molecule has 0 atom stereocenters. The van der Waals surface area contributed by atoms with Crippen molar-refractivity contribution in [3.8, 4) is 0 Å². The first-order chi connectivity index (χ1) is 7.07.